The maximum atomic E-state index is 6.05. The molecule has 1 aliphatic heterocycles. The van der Waals surface area contributed by atoms with Gasteiger partial charge in [-0.15, -0.1) is 0 Å². The van der Waals surface area contributed by atoms with Crippen molar-refractivity contribution >= 4 is 22.6 Å². The molecule has 0 radical (unpaired) electrons. The lowest BCUT2D eigenvalue weighted by Crippen LogP contribution is -2.39. The van der Waals surface area contributed by atoms with E-state index in [1.807, 2.05) is 24.5 Å². The number of ether oxygens (including phenoxy) is 1. The van der Waals surface area contributed by atoms with Gasteiger partial charge in [0.05, 0.1) is 6.61 Å². The molecule has 104 valence electrons. The number of nitrogens with zero attached hydrogens (tertiary/aromatic N) is 2. The minimum absolute atomic E-state index is 0.359. The Hall–Kier alpha value is -0.980. The molecule has 20 heavy (non-hydrogen) atoms. The molecule has 0 amide bonds. The molecular formula is C16H17IN2O. The Bertz CT molecular complexity index is 590. The van der Waals surface area contributed by atoms with Gasteiger partial charge in [0.15, 0.2) is 0 Å². The van der Waals surface area contributed by atoms with Crippen molar-refractivity contribution in [3.05, 3.63) is 63.5 Å². The second kappa shape index (κ2) is 5.79. The summed E-state index contributed by atoms with van der Waals surface area (Å²) in [7, 11) is 0. The van der Waals surface area contributed by atoms with Gasteiger partial charge < -0.3 is 4.74 Å². The first kappa shape index (κ1) is 14.0. The zero-order valence-corrected chi connectivity index (χ0v) is 13.6. The van der Waals surface area contributed by atoms with Gasteiger partial charge in [-0.1, -0.05) is 18.2 Å². The number of rotatable bonds is 3. The van der Waals surface area contributed by atoms with E-state index in [0.29, 0.717) is 0 Å². The normalized spacial score (nSPS) is 23.1. The van der Waals surface area contributed by atoms with Crippen molar-refractivity contribution in [1.29, 1.82) is 0 Å². The molecule has 4 heteroatoms. The first-order valence-electron chi connectivity index (χ1n) is 6.73. The molecular weight excluding hydrogens is 363 g/mol. The Morgan fingerprint density at radius 3 is 2.75 bits per heavy atom. The highest BCUT2D eigenvalue weighted by Gasteiger charge is 2.39. The van der Waals surface area contributed by atoms with Crippen molar-refractivity contribution < 1.29 is 4.74 Å². The molecule has 0 aliphatic carbocycles. The standard InChI is InChI=1S/C16H17IN2O/c1-16(14-6-8-18-9-7-14)19(10-11-20-16)12-13-4-2-3-5-15(13)17/h2-9H,10-12H2,1H3/t16-/m1/s1. The second-order valence-electron chi connectivity index (χ2n) is 5.08. The van der Waals surface area contributed by atoms with E-state index in [0.717, 1.165) is 25.3 Å². The third kappa shape index (κ3) is 2.60. The van der Waals surface area contributed by atoms with Crippen molar-refractivity contribution in [2.45, 2.75) is 19.2 Å². The van der Waals surface area contributed by atoms with Crippen LogP contribution in [0.1, 0.15) is 18.1 Å². The molecule has 0 spiro atoms. The predicted molar refractivity (Wildman–Crippen MR) is 87.1 cm³/mol. The van der Waals surface area contributed by atoms with Gasteiger partial charge in [-0.05, 0) is 53.3 Å². The van der Waals surface area contributed by atoms with Gasteiger partial charge in [0.1, 0.15) is 5.72 Å². The molecule has 3 nitrogen and oxygen atoms in total. The van der Waals surface area contributed by atoms with Gasteiger partial charge in [0.25, 0.3) is 0 Å². The zero-order chi connectivity index (χ0) is 14.0. The molecule has 1 aliphatic rings. The maximum Gasteiger partial charge on any atom is 0.145 e. The minimum atomic E-state index is -0.359. The second-order valence-corrected chi connectivity index (χ2v) is 6.24. The third-order valence-electron chi connectivity index (χ3n) is 3.88. The minimum Gasteiger partial charge on any atom is -0.355 e. The fraction of sp³-hybridized carbons (Fsp3) is 0.312. The smallest absolute Gasteiger partial charge is 0.145 e. The lowest BCUT2D eigenvalue weighted by molar-refractivity contribution is -0.0766. The molecule has 1 saturated heterocycles. The van der Waals surface area contributed by atoms with Gasteiger partial charge in [0, 0.05) is 34.6 Å². The van der Waals surface area contributed by atoms with Gasteiger partial charge in [-0.25, -0.2) is 0 Å². The topological polar surface area (TPSA) is 25.4 Å². The number of benzene rings is 1. The van der Waals surface area contributed by atoms with Gasteiger partial charge in [-0.3, -0.25) is 9.88 Å². The highest BCUT2D eigenvalue weighted by molar-refractivity contribution is 14.1. The molecule has 1 atom stereocenters. The van der Waals surface area contributed by atoms with Crippen molar-refractivity contribution in [2.75, 3.05) is 13.2 Å². The molecule has 2 aromatic rings. The highest BCUT2D eigenvalue weighted by atomic mass is 127. The number of aromatic nitrogens is 1. The van der Waals surface area contributed by atoms with Crippen LogP contribution in [0, 0.1) is 3.57 Å². The van der Waals surface area contributed by atoms with E-state index in [1.165, 1.54) is 9.13 Å². The summed E-state index contributed by atoms with van der Waals surface area (Å²) in [6, 6.07) is 12.6. The van der Waals surface area contributed by atoms with Crippen molar-refractivity contribution in [2.24, 2.45) is 0 Å². The van der Waals surface area contributed by atoms with E-state index in [9.17, 15) is 0 Å². The lowest BCUT2D eigenvalue weighted by atomic mass is 10.0. The van der Waals surface area contributed by atoms with Crippen molar-refractivity contribution in [1.82, 2.24) is 9.88 Å². The fourth-order valence-corrected chi connectivity index (χ4v) is 3.21. The van der Waals surface area contributed by atoms with Crippen LogP contribution < -0.4 is 0 Å². The Labute approximate surface area is 133 Å². The van der Waals surface area contributed by atoms with Crippen molar-refractivity contribution in [3.63, 3.8) is 0 Å². The van der Waals surface area contributed by atoms with E-state index < -0.39 is 0 Å². The summed E-state index contributed by atoms with van der Waals surface area (Å²) in [5.41, 5.74) is 2.15. The Morgan fingerprint density at radius 1 is 1.25 bits per heavy atom. The number of halogens is 1. The molecule has 0 unspecified atom stereocenters. The summed E-state index contributed by atoms with van der Waals surface area (Å²) in [4.78, 5) is 6.48. The monoisotopic (exact) mass is 380 g/mol. The average Bonchev–Trinajstić information content (AvgIpc) is 2.85. The number of hydrogen-bond acceptors (Lipinski definition) is 3. The Morgan fingerprint density at radius 2 is 2.00 bits per heavy atom. The van der Waals surface area contributed by atoms with Crippen LogP contribution in [0.5, 0.6) is 0 Å². The Kier molecular flexibility index (Phi) is 4.05. The summed E-state index contributed by atoms with van der Waals surface area (Å²) in [6.45, 7) is 4.76. The highest BCUT2D eigenvalue weighted by Crippen LogP contribution is 2.35. The van der Waals surface area contributed by atoms with Crippen LogP contribution in [0.2, 0.25) is 0 Å². The largest absolute Gasteiger partial charge is 0.355 e. The zero-order valence-electron chi connectivity index (χ0n) is 11.4. The SMILES string of the molecule is C[C@]1(c2ccncc2)OCCN1Cc1ccccc1I. The van der Waals surface area contributed by atoms with Gasteiger partial charge in [0.2, 0.25) is 0 Å². The first-order chi connectivity index (χ1) is 9.70. The summed E-state index contributed by atoms with van der Waals surface area (Å²) < 4.78 is 7.35. The lowest BCUT2D eigenvalue weighted by Gasteiger charge is -2.34. The number of hydrogen-bond donors (Lipinski definition) is 0. The Balaban J connectivity index is 1.88. The van der Waals surface area contributed by atoms with Gasteiger partial charge in [-0.2, -0.15) is 0 Å². The van der Waals surface area contributed by atoms with E-state index in [4.69, 9.17) is 4.74 Å². The van der Waals surface area contributed by atoms with Crippen LogP contribution in [-0.4, -0.2) is 23.0 Å². The van der Waals surface area contributed by atoms with Crippen LogP contribution in [0.15, 0.2) is 48.8 Å². The summed E-state index contributed by atoms with van der Waals surface area (Å²) in [5.74, 6) is 0. The van der Waals surface area contributed by atoms with E-state index in [-0.39, 0.29) is 5.72 Å². The van der Waals surface area contributed by atoms with Crippen LogP contribution >= 0.6 is 22.6 Å². The maximum absolute atomic E-state index is 6.05. The van der Waals surface area contributed by atoms with E-state index in [2.05, 4.69) is 63.7 Å². The quantitative estimate of drug-likeness (QED) is 0.764. The molecule has 1 fully saturated rings. The average molecular weight is 380 g/mol. The number of pyridine rings is 1. The van der Waals surface area contributed by atoms with Gasteiger partial charge >= 0.3 is 0 Å². The molecule has 1 aromatic heterocycles. The van der Waals surface area contributed by atoms with E-state index in [1.54, 1.807) is 0 Å². The van der Waals surface area contributed by atoms with E-state index >= 15 is 0 Å². The molecule has 0 bridgehead atoms. The van der Waals surface area contributed by atoms with Crippen LogP contribution in [-0.2, 0) is 17.0 Å². The third-order valence-corrected chi connectivity index (χ3v) is 4.94. The van der Waals surface area contributed by atoms with Crippen LogP contribution in [0.4, 0.5) is 0 Å². The molecule has 0 N–H and O–H groups in total. The summed E-state index contributed by atoms with van der Waals surface area (Å²) in [5, 5.41) is 0. The molecule has 2 heterocycles. The molecule has 3 rings (SSSR count). The summed E-state index contributed by atoms with van der Waals surface area (Å²) >= 11 is 2.40. The van der Waals surface area contributed by atoms with Crippen molar-refractivity contribution in [3.8, 4) is 0 Å². The molecule has 1 aromatic carbocycles. The van der Waals surface area contributed by atoms with Crippen LogP contribution in [0.3, 0.4) is 0 Å². The summed E-state index contributed by atoms with van der Waals surface area (Å²) in [6.07, 6.45) is 3.65. The predicted octanol–water partition coefficient (Wildman–Crippen LogP) is 3.39. The fourth-order valence-electron chi connectivity index (χ4n) is 2.65. The molecule has 0 saturated carbocycles. The first-order valence-corrected chi connectivity index (χ1v) is 7.81. The van der Waals surface area contributed by atoms with Crippen LogP contribution in [0.25, 0.3) is 0 Å².